The van der Waals surface area contributed by atoms with E-state index in [1.54, 1.807) is 6.07 Å². The first-order valence-electron chi connectivity index (χ1n) is 5.14. The maximum Gasteiger partial charge on any atom is 0.262 e. The molecule has 0 aromatic heterocycles. The lowest BCUT2D eigenvalue weighted by atomic mass is 10.1. The molecule has 0 saturated carbocycles. The molecule has 1 heterocycles. The minimum atomic E-state index is -0.242. The summed E-state index contributed by atoms with van der Waals surface area (Å²) in [7, 11) is 1.87. The number of carbonyl (C=O) groups is 1. The molecule has 0 atom stereocenters. The summed E-state index contributed by atoms with van der Waals surface area (Å²) < 4.78 is 5.34. The Kier molecular flexibility index (Phi) is 2.96. The molecule has 0 fully saturated rings. The highest BCUT2D eigenvalue weighted by Gasteiger charge is 2.21. The maximum atomic E-state index is 11.1. The molecule has 0 bridgehead atoms. The lowest BCUT2D eigenvalue weighted by Crippen LogP contribution is -2.26. The molecule has 5 heteroatoms. The normalized spacial score (nSPS) is 13.9. The van der Waals surface area contributed by atoms with Crippen molar-refractivity contribution in [1.82, 2.24) is 5.32 Å². The molecule has 0 radical (unpaired) electrons. The van der Waals surface area contributed by atoms with E-state index in [0.717, 1.165) is 18.5 Å². The van der Waals surface area contributed by atoms with Gasteiger partial charge >= 0.3 is 0 Å². The summed E-state index contributed by atoms with van der Waals surface area (Å²) in [5, 5.41) is 15.3. The van der Waals surface area contributed by atoms with Crippen LogP contribution in [0.2, 0.25) is 0 Å². The second-order valence-electron chi connectivity index (χ2n) is 3.64. The van der Waals surface area contributed by atoms with Gasteiger partial charge in [0.15, 0.2) is 12.4 Å². The molecule has 0 spiro atoms. The smallest absolute Gasteiger partial charge is 0.262 e. The number of aromatic hydroxyl groups is 1. The van der Waals surface area contributed by atoms with Crippen LogP contribution in [0.1, 0.15) is 5.56 Å². The average molecular weight is 222 g/mol. The van der Waals surface area contributed by atoms with E-state index >= 15 is 0 Å². The van der Waals surface area contributed by atoms with Crippen molar-refractivity contribution in [2.75, 3.05) is 25.5 Å². The minimum Gasteiger partial charge on any atom is -0.506 e. The van der Waals surface area contributed by atoms with Crippen LogP contribution in [0.25, 0.3) is 0 Å². The fourth-order valence-electron chi connectivity index (χ4n) is 1.67. The van der Waals surface area contributed by atoms with Gasteiger partial charge < -0.3 is 20.5 Å². The third-order valence-corrected chi connectivity index (χ3v) is 2.47. The number of phenols is 1. The van der Waals surface area contributed by atoms with Gasteiger partial charge in [-0.2, -0.15) is 0 Å². The summed E-state index contributed by atoms with van der Waals surface area (Å²) in [6.07, 6.45) is 0.787. The summed E-state index contributed by atoms with van der Waals surface area (Å²) in [5.74, 6) is 0.375. The standard InChI is InChI=1S/C11H14N2O3/c1-12-5-4-7-2-3-8(14)10-11(7)16-6-9(15)13-10/h2-3,12,14H,4-6H2,1H3,(H,13,15). The van der Waals surface area contributed by atoms with E-state index in [1.165, 1.54) is 0 Å². The van der Waals surface area contributed by atoms with Gasteiger partial charge in [-0.15, -0.1) is 0 Å². The number of ether oxygens (including phenoxy) is 1. The highest BCUT2D eigenvalue weighted by Crippen LogP contribution is 2.39. The Hall–Kier alpha value is -1.75. The molecule has 16 heavy (non-hydrogen) atoms. The molecule has 3 N–H and O–H groups in total. The maximum absolute atomic E-state index is 11.1. The summed E-state index contributed by atoms with van der Waals surface area (Å²) >= 11 is 0. The van der Waals surface area contributed by atoms with Crippen molar-refractivity contribution in [3.8, 4) is 11.5 Å². The van der Waals surface area contributed by atoms with Crippen molar-refractivity contribution in [3.63, 3.8) is 0 Å². The van der Waals surface area contributed by atoms with Crippen LogP contribution in [-0.2, 0) is 11.2 Å². The van der Waals surface area contributed by atoms with Crippen LogP contribution in [0.5, 0.6) is 11.5 Å². The van der Waals surface area contributed by atoms with Gasteiger partial charge in [-0.25, -0.2) is 0 Å². The molecule has 1 aliphatic rings. The molecule has 5 nitrogen and oxygen atoms in total. The molecule has 1 amide bonds. The Labute approximate surface area is 93.4 Å². The number of rotatable bonds is 3. The van der Waals surface area contributed by atoms with Crippen LogP contribution in [0.3, 0.4) is 0 Å². The molecule has 2 rings (SSSR count). The van der Waals surface area contributed by atoms with Crippen LogP contribution in [0, 0.1) is 0 Å². The van der Waals surface area contributed by atoms with Crippen molar-refractivity contribution in [2.45, 2.75) is 6.42 Å². The second kappa shape index (κ2) is 4.40. The van der Waals surface area contributed by atoms with Crippen molar-refractivity contribution < 1.29 is 14.6 Å². The number of carbonyl (C=O) groups excluding carboxylic acids is 1. The number of hydrogen-bond donors (Lipinski definition) is 3. The number of amides is 1. The lowest BCUT2D eigenvalue weighted by Gasteiger charge is -2.21. The molecular weight excluding hydrogens is 208 g/mol. The van der Waals surface area contributed by atoms with Crippen molar-refractivity contribution in [2.24, 2.45) is 0 Å². The highest BCUT2D eigenvalue weighted by atomic mass is 16.5. The summed E-state index contributed by atoms with van der Waals surface area (Å²) in [5.41, 5.74) is 1.35. The van der Waals surface area contributed by atoms with Crippen LogP contribution in [0.4, 0.5) is 5.69 Å². The second-order valence-corrected chi connectivity index (χ2v) is 3.64. The first-order chi connectivity index (χ1) is 7.72. The Morgan fingerprint density at radius 3 is 3.12 bits per heavy atom. The van der Waals surface area contributed by atoms with Gasteiger partial charge in [-0.05, 0) is 31.6 Å². The van der Waals surface area contributed by atoms with E-state index in [9.17, 15) is 9.90 Å². The number of likely N-dealkylation sites (N-methyl/N-ethyl adjacent to an activating group) is 1. The number of anilines is 1. The first-order valence-corrected chi connectivity index (χ1v) is 5.14. The van der Waals surface area contributed by atoms with E-state index in [-0.39, 0.29) is 18.3 Å². The van der Waals surface area contributed by atoms with E-state index in [2.05, 4.69) is 10.6 Å². The van der Waals surface area contributed by atoms with Gasteiger partial charge in [-0.1, -0.05) is 6.07 Å². The molecule has 0 aliphatic carbocycles. The van der Waals surface area contributed by atoms with Crippen LogP contribution >= 0.6 is 0 Å². The molecule has 0 saturated heterocycles. The Bertz CT molecular complexity index is 418. The van der Waals surface area contributed by atoms with Gasteiger partial charge in [0.2, 0.25) is 0 Å². The fourth-order valence-corrected chi connectivity index (χ4v) is 1.67. The van der Waals surface area contributed by atoms with Crippen LogP contribution in [0.15, 0.2) is 12.1 Å². The molecule has 1 aromatic carbocycles. The SMILES string of the molecule is CNCCc1ccc(O)c2c1OCC(=O)N2. The molecule has 1 aromatic rings. The number of benzene rings is 1. The molecule has 1 aliphatic heterocycles. The monoisotopic (exact) mass is 222 g/mol. The predicted octanol–water partition coefficient (Wildman–Crippen LogP) is 0.485. The summed E-state index contributed by atoms with van der Waals surface area (Å²) in [6.45, 7) is 0.817. The van der Waals surface area contributed by atoms with E-state index in [4.69, 9.17) is 4.74 Å². The number of fused-ring (bicyclic) bond motifs is 1. The largest absolute Gasteiger partial charge is 0.506 e. The number of phenolic OH excluding ortho intramolecular Hbond substituents is 1. The molecular formula is C11H14N2O3. The highest BCUT2D eigenvalue weighted by molar-refractivity contribution is 5.97. The van der Waals surface area contributed by atoms with Crippen LogP contribution in [-0.4, -0.2) is 31.2 Å². The Morgan fingerprint density at radius 2 is 2.38 bits per heavy atom. The third-order valence-electron chi connectivity index (χ3n) is 2.47. The Balaban J connectivity index is 2.34. The van der Waals surface area contributed by atoms with Gasteiger partial charge in [0.05, 0.1) is 0 Å². The van der Waals surface area contributed by atoms with Gasteiger partial charge in [0.1, 0.15) is 11.4 Å². The molecule has 86 valence electrons. The number of nitrogens with one attached hydrogen (secondary N) is 2. The van der Waals surface area contributed by atoms with E-state index < -0.39 is 0 Å². The Morgan fingerprint density at radius 1 is 1.56 bits per heavy atom. The van der Waals surface area contributed by atoms with E-state index in [0.29, 0.717) is 11.4 Å². The first kappa shape index (κ1) is 10.8. The van der Waals surface area contributed by atoms with Crippen molar-refractivity contribution >= 4 is 11.6 Å². The van der Waals surface area contributed by atoms with E-state index in [1.807, 2.05) is 13.1 Å². The summed E-state index contributed by atoms with van der Waals surface area (Å²) in [4.78, 5) is 11.1. The van der Waals surface area contributed by atoms with Crippen molar-refractivity contribution in [1.29, 1.82) is 0 Å². The topological polar surface area (TPSA) is 70.6 Å². The lowest BCUT2D eigenvalue weighted by molar-refractivity contribution is -0.118. The van der Waals surface area contributed by atoms with Gasteiger partial charge in [0.25, 0.3) is 5.91 Å². The van der Waals surface area contributed by atoms with Crippen molar-refractivity contribution in [3.05, 3.63) is 17.7 Å². The fraction of sp³-hybridized carbons (Fsp3) is 0.364. The zero-order valence-corrected chi connectivity index (χ0v) is 9.04. The number of hydrogen-bond acceptors (Lipinski definition) is 4. The van der Waals surface area contributed by atoms with Gasteiger partial charge in [-0.3, -0.25) is 4.79 Å². The zero-order valence-electron chi connectivity index (χ0n) is 9.04. The van der Waals surface area contributed by atoms with Gasteiger partial charge in [0, 0.05) is 0 Å². The quantitative estimate of drug-likeness (QED) is 0.651. The third kappa shape index (κ3) is 1.94. The molecule has 0 unspecified atom stereocenters. The minimum absolute atomic E-state index is 0.00298. The predicted molar refractivity (Wildman–Crippen MR) is 59.9 cm³/mol. The van der Waals surface area contributed by atoms with Crippen LogP contribution < -0.4 is 15.4 Å². The zero-order chi connectivity index (χ0) is 11.5. The summed E-state index contributed by atoms with van der Waals surface area (Å²) in [6, 6.07) is 3.38. The average Bonchev–Trinajstić information content (AvgIpc) is 2.29.